The van der Waals surface area contributed by atoms with E-state index < -0.39 is 5.97 Å². The molecule has 1 aromatic heterocycles. The number of nitrogens with zero attached hydrogens (tertiary/aromatic N) is 2. The third kappa shape index (κ3) is 2.34. The van der Waals surface area contributed by atoms with E-state index in [1.54, 1.807) is 26.2 Å². The number of rotatable bonds is 2. The fourth-order valence-electron chi connectivity index (χ4n) is 0.822. The fourth-order valence-corrected chi connectivity index (χ4v) is 0.822. The minimum absolute atomic E-state index is 0.126. The Bertz CT molecular complexity index is 357. The molecular formula is C9H10N2O2. The van der Waals surface area contributed by atoms with Crippen LogP contribution in [0.25, 0.3) is 0 Å². The summed E-state index contributed by atoms with van der Waals surface area (Å²) in [6.07, 6.45) is 1.54. The summed E-state index contributed by atoms with van der Waals surface area (Å²) in [6.45, 7) is 1.82. The van der Waals surface area contributed by atoms with Crippen LogP contribution in [0.2, 0.25) is 0 Å². The van der Waals surface area contributed by atoms with E-state index >= 15 is 0 Å². The fraction of sp³-hybridized carbons (Fsp3) is 0.333. The highest BCUT2D eigenvalue weighted by Gasteiger charge is 2.09. The first-order valence-corrected chi connectivity index (χ1v) is 3.80. The molecule has 0 saturated heterocycles. The molecule has 0 aliphatic heterocycles. The average Bonchev–Trinajstić information content (AvgIpc) is 2.52. The standard InChI is InChI=1S/C9H10N2O2/c1-3-4-7-13-9(12)8-5-6-10-11(8)2/h5-6H,7H2,1-2H3. The van der Waals surface area contributed by atoms with Gasteiger partial charge in [-0.25, -0.2) is 4.79 Å². The van der Waals surface area contributed by atoms with Crippen molar-refractivity contribution in [3.05, 3.63) is 18.0 Å². The zero-order chi connectivity index (χ0) is 9.68. The van der Waals surface area contributed by atoms with Gasteiger partial charge in [-0.2, -0.15) is 5.10 Å². The van der Waals surface area contributed by atoms with E-state index in [9.17, 15) is 4.79 Å². The van der Waals surface area contributed by atoms with Gasteiger partial charge in [-0.1, -0.05) is 5.92 Å². The first-order valence-electron chi connectivity index (χ1n) is 3.80. The Morgan fingerprint density at radius 1 is 1.77 bits per heavy atom. The van der Waals surface area contributed by atoms with Crippen LogP contribution in [0.15, 0.2) is 12.3 Å². The molecule has 0 saturated carbocycles. The van der Waals surface area contributed by atoms with Crippen molar-refractivity contribution in [3.63, 3.8) is 0 Å². The highest BCUT2D eigenvalue weighted by atomic mass is 16.5. The molecule has 0 bridgehead atoms. The Morgan fingerprint density at radius 3 is 3.08 bits per heavy atom. The van der Waals surface area contributed by atoms with E-state index in [1.807, 2.05) is 0 Å². The van der Waals surface area contributed by atoms with Crippen LogP contribution in [0.1, 0.15) is 17.4 Å². The van der Waals surface area contributed by atoms with Gasteiger partial charge in [0.1, 0.15) is 5.69 Å². The molecule has 4 heteroatoms. The predicted molar refractivity (Wildman–Crippen MR) is 46.9 cm³/mol. The lowest BCUT2D eigenvalue weighted by molar-refractivity contribution is 0.0544. The number of ether oxygens (including phenoxy) is 1. The summed E-state index contributed by atoms with van der Waals surface area (Å²) >= 11 is 0. The summed E-state index contributed by atoms with van der Waals surface area (Å²) < 4.78 is 6.29. The van der Waals surface area contributed by atoms with E-state index in [4.69, 9.17) is 4.74 Å². The van der Waals surface area contributed by atoms with Gasteiger partial charge >= 0.3 is 5.97 Å². The van der Waals surface area contributed by atoms with Gasteiger partial charge in [0.2, 0.25) is 0 Å². The van der Waals surface area contributed by atoms with E-state index in [2.05, 4.69) is 16.9 Å². The van der Waals surface area contributed by atoms with Gasteiger partial charge in [-0.3, -0.25) is 4.68 Å². The smallest absolute Gasteiger partial charge is 0.357 e. The third-order valence-electron chi connectivity index (χ3n) is 1.48. The normalized spacial score (nSPS) is 8.77. The van der Waals surface area contributed by atoms with Gasteiger partial charge in [0, 0.05) is 13.2 Å². The van der Waals surface area contributed by atoms with Gasteiger partial charge < -0.3 is 4.74 Å². The second-order valence-electron chi connectivity index (χ2n) is 2.34. The third-order valence-corrected chi connectivity index (χ3v) is 1.48. The lowest BCUT2D eigenvalue weighted by Gasteiger charge is -1.99. The minimum Gasteiger partial charge on any atom is -0.448 e. The Labute approximate surface area is 76.5 Å². The number of carbonyl (C=O) groups excluding carboxylic acids is 1. The van der Waals surface area contributed by atoms with Crippen molar-refractivity contribution in [1.29, 1.82) is 0 Å². The first kappa shape index (κ1) is 9.33. The van der Waals surface area contributed by atoms with Crippen molar-refractivity contribution in [2.75, 3.05) is 6.61 Å². The summed E-state index contributed by atoms with van der Waals surface area (Å²) in [4.78, 5) is 11.3. The monoisotopic (exact) mass is 178 g/mol. The summed E-state index contributed by atoms with van der Waals surface area (Å²) in [5, 5.41) is 3.85. The molecule has 0 unspecified atom stereocenters. The number of esters is 1. The quantitative estimate of drug-likeness (QED) is 0.492. The van der Waals surface area contributed by atoms with E-state index in [-0.39, 0.29) is 6.61 Å². The van der Waals surface area contributed by atoms with Crippen LogP contribution >= 0.6 is 0 Å². The van der Waals surface area contributed by atoms with Crippen molar-refractivity contribution >= 4 is 5.97 Å². The highest BCUT2D eigenvalue weighted by molar-refractivity contribution is 5.87. The number of aryl methyl sites for hydroxylation is 1. The molecule has 13 heavy (non-hydrogen) atoms. The molecule has 68 valence electrons. The first-order chi connectivity index (χ1) is 6.25. The molecule has 4 nitrogen and oxygen atoms in total. The topological polar surface area (TPSA) is 44.1 Å². The maximum Gasteiger partial charge on any atom is 0.357 e. The Hall–Kier alpha value is -1.76. The molecule has 1 aromatic rings. The average molecular weight is 178 g/mol. The van der Waals surface area contributed by atoms with Crippen LogP contribution < -0.4 is 0 Å². The van der Waals surface area contributed by atoms with Crippen molar-refractivity contribution in [1.82, 2.24) is 9.78 Å². The molecule has 0 aliphatic carbocycles. The van der Waals surface area contributed by atoms with Crippen LogP contribution in [0.3, 0.4) is 0 Å². The zero-order valence-corrected chi connectivity index (χ0v) is 7.57. The van der Waals surface area contributed by atoms with Crippen LogP contribution in [0, 0.1) is 11.8 Å². The maximum atomic E-state index is 11.3. The molecule has 0 radical (unpaired) electrons. The molecule has 1 heterocycles. The Kier molecular flexibility index (Phi) is 3.09. The minimum atomic E-state index is -0.400. The van der Waals surface area contributed by atoms with E-state index in [0.717, 1.165) is 0 Å². The highest BCUT2D eigenvalue weighted by Crippen LogP contribution is 1.98. The molecule has 0 amide bonds. The maximum absolute atomic E-state index is 11.3. The van der Waals surface area contributed by atoms with Crippen molar-refractivity contribution in [3.8, 4) is 11.8 Å². The molecule has 0 aromatic carbocycles. The molecule has 0 atom stereocenters. The van der Waals surface area contributed by atoms with Gasteiger partial charge in [-0.05, 0) is 13.0 Å². The van der Waals surface area contributed by atoms with Crippen molar-refractivity contribution in [2.45, 2.75) is 6.92 Å². The molecular weight excluding hydrogens is 168 g/mol. The lowest BCUT2D eigenvalue weighted by Crippen LogP contribution is -2.10. The molecule has 0 fully saturated rings. The van der Waals surface area contributed by atoms with Crippen LogP contribution in [0.5, 0.6) is 0 Å². The van der Waals surface area contributed by atoms with Gasteiger partial charge in [0.15, 0.2) is 6.61 Å². The van der Waals surface area contributed by atoms with Crippen molar-refractivity contribution in [2.24, 2.45) is 7.05 Å². The molecule has 1 rings (SSSR count). The zero-order valence-electron chi connectivity index (χ0n) is 7.57. The van der Waals surface area contributed by atoms with Gasteiger partial charge in [0.25, 0.3) is 0 Å². The Morgan fingerprint density at radius 2 is 2.54 bits per heavy atom. The van der Waals surface area contributed by atoms with Crippen LogP contribution in [-0.4, -0.2) is 22.4 Å². The number of carbonyl (C=O) groups is 1. The summed E-state index contributed by atoms with van der Waals surface area (Å²) in [5.74, 6) is 4.87. The predicted octanol–water partition coefficient (Wildman–Crippen LogP) is 0.600. The van der Waals surface area contributed by atoms with Crippen LogP contribution in [0.4, 0.5) is 0 Å². The van der Waals surface area contributed by atoms with Gasteiger partial charge in [0.05, 0.1) is 0 Å². The SMILES string of the molecule is CC#CCOC(=O)c1ccnn1C. The number of hydrogen-bond acceptors (Lipinski definition) is 3. The molecule has 0 N–H and O–H groups in total. The van der Waals surface area contributed by atoms with E-state index in [0.29, 0.717) is 5.69 Å². The van der Waals surface area contributed by atoms with Gasteiger partial charge in [-0.15, -0.1) is 5.92 Å². The molecule has 0 spiro atoms. The van der Waals surface area contributed by atoms with Crippen LogP contribution in [-0.2, 0) is 11.8 Å². The summed E-state index contributed by atoms with van der Waals surface area (Å²) in [7, 11) is 1.68. The Balaban J connectivity index is 2.57. The number of aromatic nitrogens is 2. The molecule has 0 aliphatic rings. The summed E-state index contributed by atoms with van der Waals surface area (Å²) in [6, 6.07) is 1.60. The van der Waals surface area contributed by atoms with Crippen molar-refractivity contribution < 1.29 is 9.53 Å². The second-order valence-corrected chi connectivity index (χ2v) is 2.34. The second kappa shape index (κ2) is 4.31. The lowest BCUT2D eigenvalue weighted by atomic mass is 10.4. The summed E-state index contributed by atoms with van der Waals surface area (Å²) in [5.41, 5.74) is 0.429. The number of hydrogen-bond donors (Lipinski definition) is 0. The largest absolute Gasteiger partial charge is 0.448 e. The van der Waals surface area contributed by atoms with E-state index in [1.165, 1.54) is 4.68 Å².